The molecular formula is C9H16O2. The Kier molecular flexibility index (Phi) is 5.53. The molecule has 0 aliphatic heterocycles. The van der Waals surface area contributed by atoms with Crippen LogP contribution in [0.15, 0.2) is 12.2 Å². The third-order valence-electron chi connectivity index (χ3n) is 1.52. The molecule has 11 heavy (non-hydrogen) atoms. The van der Waals surface area contributed by atoms with Gasteiger partial charge < -0.3 is 5.11 Å². The van der Waals surface area contributed by atoms with Crippen molar-refractivity contribution in [2.75, 3.05) is 0 Å². The third kappa shape index (κ3) is 4.59. The van der Waals surface area contributed by atoms with Gasteiger partial charge in [-0.1, -0.05) is 32.4 Å². The predicted molar refractivity (Wildman–Crippen MR) is 45.5 cm³/mol. The van der Waals surface area contributed by atoms with Crippen molar-refractivity contribution in [3.63, 3.8) is 0 Å². The SMILES string of the molecule is CCC=CC(CCC)C(=O)O. The molecular weight excluding hydrogens is 140 g/mol. The fourth-order valence-electron chi connectivity index (χ4n) is 0.913. The number of aliphatic carboxylic acids is 1. The van der Waals surface area contributed by atoms with Crippen LogP contribution in [-0.2, 0) is 4.79 Å². The molecule has 64 valence electrons. The van der Waals surface area contributed by atoms with Crippen LogP contribution in [0.4, 0.5) is 0 Å². The molecule has 0 aromatic carbocycles. The van der Waals surface area contributed by atoms with Crippen molar-refractivity contribution in [1.29, 1.82) is 0 Å². The largest absolute Gasteiger partial charge is 0.481 e. The van der Waals surface area contributed by atoms with E-state index in [-0.39, 0.29) is 5.92 Å². The van der Waals surface area contributed by atoms with E-state index in [2.05, 4.69) is 0 Å². The van der Waals surface area contributed by atoms with E-state index in [9.17, 15) is 4.79 Å². The zero-order valence-electron chi connectivity index (χ0n) is 7.21. The van der Waals surface area contributed by atoms with Gasteiger partial charge in [-0.25, -0.2) is 0 Å². The highest BCUT2D eigenvalue weighted by Gasteiger charge is 2.10. The molecule has 0 aliphatic carbocycles. The maximum Gasteiger partial charge on any atom is 0.310 e. The first-order valence-corrected chi connectivity index (χ1v) is 4.11. The topological polar surface area (TPSA) is 37.3 Å². The van der Waals surface area contributed by atoms with Crippen LogP contribution in [0.2, 0.25) is 0 Å². The highest BCUT2D eigenvalue weighted by Crippen LogP contribution is 2.08. The molecule has 0 saturated carbocycles. The lowest BCUT2D eigenvalue weighted by Crippen LogP contribution is -2.10. The summed E-state index contributed by atoms with van der Waals surface area (Å²) < 4.78 is 0. The van der Waals surface area contributed by atoms with Gasteiger partial charge in [-0.2, -0.15) is 0 Å². The van der Waals surface area contributed by atoms with Gasteiger partial charge in [-0.3, -0.25) is 4.79 Å². The molecule has 0 aliphatic rings. The van der Waals surface area contributed by atoms with E-state index in [0.717, 1.165) is 19.3 Å². The first kappa shape index (κ1) is 10.2. The van der Waals surface area contributed by atoms with E-state index in [1.54, 1.807) is 6.08 Å². The molecule has 1 unspecified atom stereocenters. The van der Waals surface area contributed by atoms with E-state index in [0.29, 0.717) is 0 Å². The van der Waals surface area contributed by atoms with Gasteiger partial charge in [-0.05, 0) is 12.8 Å². The van der Waals surface area contributed by atoms with Crippen molar-refractivity contribution in [3.8, 4) is 0 Å². The molecule has 0 rings (SSSR count). The average molecular weight is 156 g/mol. The van der Waals surface area contributed by atoms with Gasteiger partial charge in [-0.15, -0.1) is 0 Å². The van der Waals surface area contributed by atoms with E-state index in [1.165, 1.54) is 0 Å². The molecule has 0 amide bonds. The molecule has 2 heteroatoms. The third-order valence-corrected chi connectivity index (χ3v) is 1.52. The summed E-state index contributed by atoms with van der Waals surface area (Å²) in [5, 5.41) is 8.68. The van der Waals surface area contributed by atoms with Crippen molar-refractivity contribution >= 4 is 5.97 Å². The first-order valence-electron chi connectivity index (χ1n) is 4.11. The maximum absolute atomic E-state index is 10.5. The van der Waals surface area contributed by atoms with Crippen LogP contribution < -0.4 is 0 Å². The van der Waals surface area contributed by atoms with Gasteiger partial charge >= 0.3 is 5.97 Å². The van der Waals surface area contributed by atoms with Crippen molar-refractivity contribution < 1.29 is 9.90 Å². The lowest BCUT2D eigenvalue weighted by atomic mass is 10.0. The number of hydrogen-bond donors (Lipinski definition) is 1. The minimum Gasteiger partial charge on any atom is -0.481 e. The second-order valence-electron chi connectivity index (χ2n) is 2.57. The summed E-state index contributed by atoms with van der Waals surface area (Å²) in [7, 11) is 0. The van der Waals surface area contributed by atoms with Crippen LogP contribution in [0.3, 0.4) is 0 Å². The number of carboxylic acid groups (broad SMARTS) is 1. The summed E-state index contributed by atoms with van der Waals surface area (Å²) in [6.07, 6.45) is 6.27. The van der Waals surface area contributed by atoms with Gasteiger partial charge in [0.25, 0.3) is 0 Å². The Morgan fingerprint density at radius 3 is 2.55 bits per heavy atom. The molecule has 0 heterocycles. The van der Waals surface area contributed by atoms with Crippen molar-refractivity contribution in [2.45, 2.75) is 33.1 Å². The summed E-state index contributed by atoms with van der Waals surface area (Å²) in [4.78, 5) is 10.5. The average Bonchev–Trinajstić information content (AvgIpc) is 1.97. The van der Waals surface area contributed by atoms with Crippen molar-refractivity contribution in [3.05, 3.63) is 12.2 Å². The van der Waals surface area contributed by atoms with Gasteiger partial charge in [0, 0.05) is 0 Å². The van der Waals surface area contributed by atoms with Crippen molar-refractivity contribution in [1.82, 2.24) is 0 Å². The monoisotopic (exact) mass is 156 g/mol. The number of hydrogen-bond acceptors (Lipinski definition) is 1. The van der Waals surface area contributed by atoms with Crippen LogP contribution >= 0.6 is 0 Å². The van der Waals surface area contributed by atoms with E-state index >= 15 is 0 Å². The Hall–Kier alpha value is -0.790. The lowest BCUT2D eigenvalue weighted by molar-refractivity contribution is -0.140. The summed E-state index contributed by atoms with van der Waals surface area (Å²) in [6, 6.07) is 0. The fraction of sp³-hybridized carbons (Fsp3) is 0.667. The molecule has 0 radical (unpaired) electrons. The maximum atomic E-state index is 10.5. The summed E-state index contributed by atoms with van der Waals surface area (Å²) in [6.45, 7) is 4.00. The molecule has 0 saturated heterocycles. The molecule has 0 bridgehead atoms. The molecule has 0 aromatic heterocycles. The highest BCUT2D eigenvalue weighted by molar-refractivity contribution is 5.71. The van der Waals surface area contributed by atoms with E-state index in [1.807, 2.05) is 19.9 Å². The fourth-order valence-corrected chi connectivity index (χ4v) is 0.913. The summed E-state index contributed by atoms with van der Waals surface area (Å²) >= 11 is 0. The predicted octanol–water partition coefficient (Wildman–Crippen LogP) is 2.45. The Morgan fingerprint density at radius 1 is 1.55 bits per heavy atom. The Labute approximate surface area is 67.9 Å². The minimum absolute atomic E-state index is 0.278. The van der Waals surface area contributed by atoms with Gasteiger partial charge in [0.15, 0.2) is 0 Å². The standard InChI is InChI=1S/C9H16O2/c1-3-5-7-8(6-4-2)9(10)11/h5,7-8H,3-4,6H2,1-2H3,(H,10,11). The molecule has 1 atom stereocenters. The van der Waals surface area contributed by atoms with Crippen LogP contribution in [-0.4, -0.2) is 11.1 Å². The molecule has 1 N–H and O–H groups in total. The summed E-state index contributed by atoms with van der Waals surface area (Å²) in [5.74, 6) is -0.989. The minimum atomic E-state index is -0.712. The van der Waals surface area contributed by atoms with Crippen molar-refractivity contribution in [2.24, 2.45) is 5.92 Å². The smallest absolute Gasteiger partial charge is 0.310 e. The van der Waals surface area contributed by atoms with Crippen LogP contribution in [0, 0.1) is 5.92 Å². The Bertz CT molecular complexity index is 138. The number of carbonyl (C=O) groups is 1. The molecule has 2 nitrogen and oxygen atoms in total. The first-order chi connectivity index (χ1) is 5.22. The van der Waals surface area contributed by atoms with Gasteiger partial charge in [0.2, 0.25) is 0 Å². The lowest BCUT2D eigenvalue weighted by Gasteiger charge is -2.03. The molecule has 0 spiro atoms. The number of carboxylic acids is 1. The Balaban J connectivity index is 3.88. The zero-order chi connectivity index (χ0) is 8.69. The quantitative estimate of drug-likeness (QED) is 0.621. The van der Waals surface area contributed by atoms with Crippen LogP contribution in [0.5, 0.6) is 0 Å². The van der Waals surface area contributed by atoms with Gasteiger partial charge in [0.1, 0.15) is 0 Å². The summed E-state index contributed by atoms with van der Waals surface area (Å²) in [5.41, 5.74) is 0. The number of rotatable bonds is 5. The van der Waals surface area contributed by atoms with E-state index < -0.39 is 5.97 Å². The molecule has 0 fully saturated rings. The van der Waals surface area contributed by atoms with Crippen LogP contribution in [0.25, 0.3) is 0 Å². The van der Waals surface area contributed by atoms with E-state index in [4.69, 9.17) is 5.11 Å². The van der Waals surface area contributed by atoms with Crippen LogP contribution in [0.1, 0.15) is 33.1 Å². The zero-order valence-corrected chi connectivity index (χ0v) is 7.21. The van der Waals surface area contributed by atoms with Gasteiger partial charge in [0.05, 0.1) is 5.92 Å². The molecule has 0 aromatic rings. The highest BCUT2D eigenvalue weighted by atomic mass is 16.4. The second kappa shape index (κ2) is 5.96. The Morgan fingerprint density at radius 2 is 2.18 bits per heavy atom. The normalized spacial score (nSPS) is 13.6. The second-order valence-corrected chi connectivity index (χ2v) is 2.57. The number of allylic oxidation sites excluding steroid dienone is 1.